The molecule has 0 aliphatic rings. The average Bonchev–Trinajstić information content (AvgIpc) is 2.59. The zero-order chi connectivity index (χ0) is 20.3. The van der Waals surface area contributed by atoms with Crippen LogP contribution in [-0.2, 0) is 4.74 Å². The van der Waals surface area contributed by atoms with Gasteiger partial charge in [0.25, 0.3) is 5.69 Å². The number of carboxylic acid groups (broad SMARTS) is 1. The van der Waals surface area contributed by atoms with E-state index in [0.29, 0.717) is 0 Å². The first kappa shape index (κ1) is 23.2. The number of esters is 1. The van der Waals surface area contributed by atoms with E-state index in [4.69, 9.17) is 4.74 Å². The fourth-order valence-corrected chi connectivity index (χ4v) is 2.57. The number of aromatic nitrogens is 1. The first-order chi connectivity index (χ1) is 12.7. The Labute approximate surface area is 182 Å². The van der Waals surface area contributed by atoms with Gasteiger partial charge in [-0.2, -0.15) is 5.26 Å². The van der Waals surface area contributed by atoms with Crippen molar-refractivity contribution >= 4 is 17.6 Å². The summed E-state index contributed by atoms with van der Waals surface area (Å²) in [4.78, 5) is 38.6. The third-order valence-corrected chi connectivity index (χ3v) is 3.58. The molecule has 2 aromatic rings. The van der Waals surface area contributed by atoms with Crippen LogP contribution in [0.2, 0.25) is 0 Å². The van der Waals surface area contributed by atoms with Gasteiger partial charge in [-0.15, -0.1) is 0 Å². The number of hydrogen-bond acceptors (Lipinski definition) is 8. The molecular weight excluding hydrogens is 377 g/mol. The van der Waals surface area contributed by atoms with E-state index >= 15 is 0 Å². The Hall–Kier alpha value is -2.80. The fraction of sp³-hybridized carbons (Fsp3) is 0.222. The number of ether oxygens (including phenoxy) is 1. The largest absolute Gasteiger partial charge is 1.00 e. The van der Waals surface area contributed by atoms with Crippen LogP contribution < -0.4 is 34.7 Å². The van der Waals surface area contributed by atoms with E-state index in [1.165, 1.54) is 25.1 Å². The van der Waals surface area contributed by atoms with E-state index in [1.54, 1.807) is 19.9 Å². The normalized spacial score (nSPS) is 9.96. The summed E-state index contributed by atoms with van der Waals surface area (Å²) in [7, 11) is 0. The van der Waals surface area contributed by atoms with Crippen LogP contribution in [0.4, 0.5) is 5.69 Å². The minimum absolute atomic E-state index is 0. The third-order valence-electron chi connectivity index (χ3n) is 3.58. The summed E-state index contributed by atoms with van der Waals surface area (Å²) < 4.78 is 5.16. The number of nitro benzene ring substituents is 1. The Bertz CT molecular complexity index is 998. The Morgan fingerprint density at radius 3 is 2.43 bits per heavy atom. The minimum Gasteiger partial charge on any atom is -0.545 e. The van der Waals surface area contributed by atoms with Crippen LogP contribution in [0.5, 0.6) is 0 Å². The molecule has 1 aromatic carbocycles. The van der Waals surface area contributed by atoms with Crippen molar-refractivity contribution in [2.45, 2.75) is 26.9 Å². The number of non-ortho nitro benzene ring substituents is 1. The molecule has 0 radical (unpaired) electrons. The molecule has 0 fully saturated rings. The number of aryl methyl sites for hydroxylation is 1. The van der Waals surface area contributed by atoms with Gasteiger partial charge in [-0.25, -0.2) is 9.78 Å². The number of carbonyl (C=O) groups excluding carboxylic acids is 2. The molecule has 1 aromatic heterocycles. The number of hydrogen-bond donors (Lipinski definition) is 0. The number of nitriles is 1. The number of pyridine rings is 1. The minimum atomic E-state index is -1.74. The average molecular weight is 391 g/mol. The molecule has 0 spiro atoms. The maximum Gasteiger partial charge on any atom is 1.00 e. The van der Waals surface area contributed by atoms with Gasteiger partial charge in [-0.1, -0.05) is 12.1 Å². The van der Waals surface area contributed by atoms with E-state index in [2.05, 4.69) is 4.98 Å². The van der Waals surface area contributed by atoms with Crippen molar-refractivity contribution in [2.75, 3.05) is 0 Å². The van der Waals surface area contributed by atoms with E-state index in [-0.39, 0.29) is 57.6 Å². The van der Waals surface area contributed by atoms with Gasteiger partial charge in [-0.05, 0) is 26.3 Å². The summed E-state index contributed by atoms with van der Waals surface area (Å²) in [5.41, 5.74) is -1.68. The van der Waals surface area contributed by atoms with Crippen molar-refractivity contribution in [3.05, 3.63) is 56.9 Å². The molecule has 1 heterocycles. The molecule has 28 heavy (non-hydrogen) atoms. The Kier molecular flexibility index (Phi) is 7.81. The molecule has 0 N–H and O–H groups in total. The SMILES string of the molecule is Cc1nc(C#N)c(C(=O)[O-])c(-c2cccc([N+](=O)[O-])c2)c1C(=O)OC(C)C.[Na+]. The Morgan fingerprint density at radius 1 is 1.29 bits per heavy atom. The predicted molar refractivity (Wildman–Crippen MR) is 90.7 cm³/mol. The van der Waals surface area contributed by atoms with Crippen molar-refractivity contribution in [1.82, 2.24) is 4.98 Å². The second-order valence-electron chi connectivity index (χ2n) is 5.83. The molecular formula is C18H14N3NaO6. The van der Waals surface area contributed by atoms with Crippen molar-refractivity contribution < 1.29 is 53.9 Å². The molecule has 0 atom stereocenters. The third kappa shape index (κ3) is 4.72. The number of benzene rings is 1. The van der Waals surface area contributed by atoms with E-state index in [1.807, 2.05) is 0 Å². The topological polar surface area (TPSA) is 146 Å². The summed E-state index contributed by atoms with van der Waals surface area (Å²) in [6, 6.07) is 6.71. The van der Waals surface area contributed by atoms with Crippen molar-refractivity contribution in [3.63, 3.8) is 0 Å². The summed E-state index contributed by atoms with van der Waals surface area (Å²) in [5.74, 6) is -2.59. The molecule has 0 aliphatic heterocycles. The van der Waals surface area contributed by atoms with Gasteiger partial charge in [0.2, 0.25) is 0 Å². The fourth-order valence-electron chi connectivity index (χ4n) is 2.57. The smallest absolute Gasteiger partial charge is 0.545 e. The summed E-state index contributed by atoms with van der Waals surface area (Å²) in [6.07, 6.45) is -0.503. The van der Waals surface area contributed by atoms with E-state index in [0.717, 1.165) is 6.07 Å². The number of carboxylic acids is 1. The van der Waals surface area contributed by atoms with Crippen LogP contribution in [0.1, 0.15) is 46.0 Å². The van der Waals surface area contributed by atoms with Crippen LogP contribution in [0.25, 0.3) is 11.1 Å². The molecule has 9 nitrogen and oxygen atoms in total. The van der Waals surface area contributed by atoms with Crippen LogP contribution in [-0.4, -0.2) is 27.9 Å². The molecule has 0 amide bonds. The van der Waals surface area contributed by atoms with Crippen LogP contribution >= 0.6 is 0 Å². The van der Waals surface area contributed by atoms with Crippen molar-refractivity contribution in [2.24, 2.45) is 0 Å². The number of nitrogens with zero attached hydrogens (tertiary/aromatic N) is 3. The molecule has 0 bridgehead atoms. The van der Waals surface area contributed by atoms with Gasteiger partial charge in [0, 0.05) is 23.3 Å². The number of aromatic carboxylic acids is 1. The molecule has 10 heteroatoms. The maximum atomic E-state index is 12.6. The first-order valence-corrected chi connectivity index (χ1v) is 7.79. The second kappa shape index (κ2) is 9.41. The van der Waals surface area contributed by atoms with Crippen LogP contribution in [0.3, 0.4) is 0 Å². The number of carbonyl (C=O) groups is 2. The van der Waals surface area contributed by atoms with Gasteiger partial charge in [0.05, 0.1) is 28.3 Å². The van der Waals surface area contributed by atoms with Crippen LogP contribution in [0, 0.1) is 28.4 Å². The quantitative estimate of drug-likeness (QED) is 0.266. The maximum absolute atomic E-state index is 12.6. The zero-order valence-corrected chi connectivity index (χ0v) is 17.7. The van der Waals surface area contributed by atoms with Gasteiger partial charge in [0.1, 0.15) is 11.8 Å². The first-order valence-electron chi connectivity index (χ1n) is 7.79. The molecule has 138 valence electrons. The molecule has 2 rings (SSSR count). The van der Waals surface area contributed by atoms with Gasteiger partial charge in [0.15, 0.2) is 0 Å². The molecule has 0 aliphatic carbocycles. The summed E-state index contributed by atoms with van der Waals surface area (Å²) in [6.45, 7) is 4.63. The number of rotatable bonds is 5. The molecule has 0 unspecified atom stereocenters. The van der Waals surface area contributed by atoms with Crippen LogP contribution in [0.15, 0.2) is 24.3 Å². The monoisotopic (exact) mass is 391 g/mol. The Balaban J connectivity index is 0.00000392. The summed E-state index contributed by atoms with van der Waals surface area (Å²) >= 11 is 0. The van der Waals surface area contributed by atoms with Crippen molar-refractivity contribution in [1.29, 1.82) is 5.26 Å². The second-order valence-corrected chi connectivity index (χ2v) is 5.83. The van der Waals surface area contributed by atoms with E-state index < -0.39 is 34.2 Å². The van der Waals surface area contributed by atoms with Gasteiger partial charge in [-0.3, -0.25) is 10.1 Å². The summed E-state index contributed by atoms with van der Waals surface area (Å²) in [5, 5.41) is 32.0. The standard InChI is InChI=1S/C18H15N3O6.Na/c1-9(2)27-18(24)14-10(3)20-13(8-19)16(17(22)23)15(14)11-5-4-6-12(7-11)21(25)26;/h4-7,9H,1-3H3,(H,22,23);/q;+1/p-1. The van der Waals surface area contributed by atoms with Gasteiger partial charge < -0.3 is 14.6 Å². The van der Waals surface area contributed by atoms with E-state index in [9.17, 15) is 30.1 Å². The Morgan fingerprint density at radius 2 is 1.93 bits per heavy atom. The molecule has 0 saturated carbocycles. The van der Waals surface area contributed by atoms with Crippen molar-refractivity contribution in [3.8, 4) is 17.2 Å². The van der Waals surface area contributed by atoms with Gasteiger partial charge >= 0.3 is 35.5 Å². The molecule has 0 saturated heterocycles. The number of nitro groups is 1. The predicted octanol–water partition coefficient (Wildman–Crippen LogP) is -1.23. The zero-order valence-electron chi connectivity index (χ0n) is 15.7.